The van der Waals surface area contributed by atoms with Crippen LogP contribution in [0.25, 0.3) is 11.0 Å². The van der Waals surface area contributed by atoms with E-state index in [9.17, 15) is 10.1 Å². The largest absolute Gasteiger partial charge is 0.364 e. The minimum Gasteiger partial charge on any atom is -0.364 e. The molecule has 152 valence electrons. The number of fused-ring (bicyclic) bond motifs is 1. The molecule has 3 unspecified atom stereocenters. The third-order valence-corrected chi connectivity index (χ3v) is 5.80. The van der Waals surface area contributed by atoms with Crippen LogP contribution in [0.1, 0.15) is 25.3 Å². The summed E-state index contributed by atoms with van der Waals surface area (Å²) in [4.78, 5) is 26.0. The number of hydrogen-bond acceptors (Lipinski definition) is 7. The standard InChI is InChI=1S/C21H26N6O2/c1-14-12-27(17-6-5-15(10-22)19-20(17)24-8-7-23-19)13-18(29-14)21(28)25-11-16-4-3-9-26(16)2/h5-8,14,16,18H,3-4,9,11-13H2,1-2H3,(H,25,28). The van der Waals surface area contributed by atoms with Crippen molar-refractivity contribution in [1.29, 1.82) is 5.26 Å². The maximum atomic E-state index is 12.8. The van der Waals surface area contributed by atoms with E-state index in [-0.39, 0.29) is 12.0 Å². The number of benzene rings is 1. The van der Waals surface area contributed by atoms with Crippen LogP contribution in [0.2, 0.25) is 0 Å². The number of hydrogen-bond donors (Lipinski definition) is 1. The van der Waals surface area contributed by atoms with Crippen molar-refractivity contribution in [3.05, 3.63) is 30.1 Å². The van der Waals surface area contributed by atoms with Gasteiger partial charge in [-0.05, 0) is 45.5 Å². The Morgan fingerprint density at radius 3 is 2.83 bits per heavy atom. The summed E-state index contributed by atoms with van der Waals surface area (Å²) in [5, 5.41) is 12.4. The number of aromatic nitrogens is 2. The van der Waals surface area contributed by atoms with E-state index in [0.717, 1.165) is 18.7 Å². The van der Waals surface area contributed by atoms with Crippen LogP contribution in [0.3, 0.4) is 0 Å². The average molecular weight is 394 g/mol. The van der Waals surface area contributed by atoms with Crippen molar-refractivity contribution in [3.8, 4) is 6.07 Å². The van der Waals surface area contributed by atoms with Gasteiger partial charge in [-0.3, -0.25) is 14.8 Å². The van der Waals surface area contributed by atoms with E-state index in [2.05, 4.69) is 38.2 Å². The Morgan fingerprint density at radius 1 is 1.31 bits per heavy atom. The summed E-state index contributed by atoms with van der Waals surface area (Å²) in [5.41, 5.74) is 2.62. The SMILES string of the molecule is CC1CN(c2ccc(C#N)c3nccnc23)CC(C(=O)NCC2CCCN2C)O1. The molecule has 1 N–H and O–H groups in total. The first-order chi connectivity index (χ1) is 14.1. The van der Waals surface area contributed by atoms with Crippen LogP contribution >= 0.6 is 0 Å². The van der Waals surface area contributed by atoms with E-state index >= 15 is 0 Å². The van der Waals surface area contributed by atoms with Crippen LogP contribution in [-0.2, 0) is 9.53 Å². The predicted octanol–water partition coefficient (Wildman–Crippen LogP) is 1.31. The first-order valence-electron chi connectivity index (χ1n) is 10.1. The lowest BCUT2D eigenvalue weighted by atomic mass is 10.1. The molecule has 0 aliphatic carbocycles. The topological polar surface area (TPSA) is 94.4 Å². The van der Waals surface area contributed by atoms with Crippen molar-refractivity contribution < 1.29 is 9.53 Å². The first kappa shape index (κ1) is 19.6. The fourth-order valence-corrected chi connectivity index (χ4v) is 4.25. The number of morpholine rings is 1. The Morgan fingerprint density at radius 2 is 2.10 bits per heavy atom. The van der Waals surface area contributed by atoms with Crippen LogP contribution in [-0.4, -0.2) is 72.3 Å². The number of carbonyl (C=O) groups is 1. The molecule has 1 aromatic carbocycles. The van der Waals surface area contributed by atoms with Crippen molar-refractivity contribution >= 4 is 22.6 Å². The van der Waals surface area contributed by atoms with Crippen molar-refractivity contribution in [2.75, 3.05) is 38.1 Å². The highest BCUT2D eigenvalue weighted by Crippen LogP contribution is 2.28. The number of amides is 1. The zero-order valence-electron chi connectivity index (χ0n) is 16.8. The minimum absolute atomic E-state index is 0.0779. The molecule has 2 fully saturated rings. The molecule has 2 aromatic rings. The molecule has 0 bridgehead atoms. The number of likely N-dealkylation sites (N-methyl/N-ethyl adjacent to an activating group) is 1. The lowest BCUT2D eigenvalue weighted by Gasteiger charge is -2.38. The highest BCUT2D eigenvalue weighted by atomic mass is 16.5. The van der Waals surface area contributed by atoms with Gasteiger partial charge < -0.3 is 19.9 Å². The fraction of sp³-hybridized carbons (Fsp3) is 0.524. The molecule has 4 rings (SSSR count). The molecule has 29 heavy (non-hydrogen) atoms. The van der Waals surface area contributed by atoms with Crippen molar-refractivity contribution in [2.24, 2.45) is 0 Å². The van der Waals surface area contributed by atoms with Gasteiger partial charge >= 0.3 is 0 Å². The third kappa shape index (κ3) is 4.02. The van der Waals surface area contributed by atoms with Gasteiger partial charge in [-0.25, -0.2) is 0 Å². The van der Waals surface area contributed by atoms with Crippen molar-refractivity contribution in [2.45, 2.75) is 38.0 Å². The number of ether oxygens (including phenoxy) is 1. The summed E-state index contributed by atoms with van der Waals surface area (Å²) in [6.45, 7) is 4.78. The van der Waals surface area contributed by atoms with Crippen molar-refractivity contribution in [1.82, 2.24) is 20.2 Å². The molecule has 2 saturated heterocycles. The molecule has 2 aliphatic heterocycles. The molecular formula is C21H26N6O2. The molecule has 1 amide bonds. The smallest absolute Gasteiger partial charge is 0.251 e. The Hall–Kier alpha value is -2.76. The van der Waals surface area contributed by atoms with Gasteiger partial charge in [0, 0.05) is 31.5 Å². The summed E-state index contributed by atoms with van der Waals surface area (Å²) < 4.78 is 5.94. The van der Waals surface area contributed by atoms with E-state index in [0.29, 0.717) is 42.3 Å². The molecule has 0 spiro atoms. The Balaban J connectivity index is 1.51. The minimum atomic E-state index is -0.548. The number of carbonyl (C=O) groups excluding carboxylic acids is 1. The second kappa shape index (κ2) is 8.31. The van der Waals surface area contributed by atoms with E-state index in [1.165, 1.54) is 6.42 Å². The van der Waals surface area contributed by atoms with Crippen molar-refractivity contribution in [3.63, 3.8) is 0 Å². The lowest BCUT2D eigenvalue weighted by Crippen LogP contribution is -2.54. The van der Waals surface area contributed by atoms with Crippen LogP contribution in [0.4, 0.5) is 5.69 Å². The number of nitriles is 1. The molecule has 8 heteroatoms. The maximum absolute atomic E-state index is 12.8. The molecular weight excluding hydrogens is 368 g/mol. The van der Waals surface area contributed by atoms with Gasteiger partial charge in [0.25, 0.3) is 5.91 Å². The van der Waals surface area contributed by atoms with Gasteiger partial charge in [-0.2, -0.15) is 5.26 Å². The summed E-state index contributed by atoms with van der Waals surface area (Å²) in [6.07, 6.45) is 4.85. The highest BCUT2D eigenvalue weighted by molar-refractivity contribution is 5.92. The van der Waals surface area contributed by atoms with Crippen LogP contribution < -0.4 is 10.2 Å². The summed E-state index contributed by atoms with van der Waals surface area (Å²) in [7, 11) is 2.10. The first-order valence-corrected chi connectivity index (χ1v) is 10.1. The Bertz CT molecular complexity index is 942. The van der Waals surface area contributed by atoms with Gasteiger partial charge in [0.1, 0.15) is 17.1 Å². The number of rotatable bonds is 4. The number of likely N-dealkylation sites (tertiary alicyclic amines) is 1. The van der Waals surface area contributed by atoms with Crippen LogP contribution in [0.5, 0.6) is 0 Å². The molecule has 0 radical (unpaired) electrons. The van der Waals surface area contributed by atoms with E-state index in [1.54, 1.807) is 18.5 Å². The van der Waals surface area contributed by atoms with E-state index < -0.39 is 6.10 Å². The summed E-state index contributed by atoms with van der Waals surface area (Å²) >= 11 is 0. The average Bonchev–Trinajstić information content (AvgIpc) is 3.15. The summed E-state index contributed by atoms with van der Waals surface area (Å²) in [5.74, 6) is -0.0779. The van der Waals surface area contributed by atoms with E-state index in [4.69, 9.17) is 4.74 Å². The summed E-state index contributed by atoms with van der Waals surface area (Å²) in [6, 6.07) is 6.21. The monoisotopic (exact) mass is 394 g/mol. The molecule has 8 nitrogen and oxygen atoms in total. The van der Waals surface area contributed by atoms with Gasteiger partial charge in [0.15, 0.2) is 6.10 Å². The lowest BCUT2D eigenvalue weighted by molar-refractivity contribution is -0.137. The second-order valence-corrected chi connectivity index (χ2v) is 7.86. The van der Waals surface area contributed by atoms with Crippen LogP contribution in [0.15, 0.2) is 24.5 Å². The second-order valence-electron chi connectivity index (χ2n) is 7.86. The fourth-order valence-electron chi connectivity index (χ4n) is 4.25. The highest BCUT2D eigenvalue weighted by Gasteiger charge is 2.32. The molecule has 3 heterocycles. The third-order valence-electron chi connectivity index (χ3n) is 5.80. The van der Waals surface area contributed by atoms with Crippen LogP contribution in [0, 0.1) is 11.3 Å². The van der Waals surface area contributed by atoms with Gasteiger partial charge in [0.2, 0.25) is 0 Å². The number of anilines is 1. The van der Waals surface area contributed by atoms with E-state index in [1.807, 2.05) is 13.0 Å². The molecule has 3 atom stereocenters. The number of nitrogens with zero attached hydrogens (tertiary/aromatic N) is 5. The Labute approximate surface area is 170 Å². The quantitative estimate of drug-likeness (QED) is 0.835. The zero-order chi connectivity index (χ0) is 20.4. The van der Waals surface area contributed by atoms with Gasteiger partial charge in [-0.1, -0.05) is 0 Å². The Kier molecular flexibility index (Phi) is 5.60. The zero-order valence-corrected chi connectivity index (χ0v) is 16.8. The number of nitrogens with one attached hydrogen (secondary N) is 1. The van der Waals surface area contributed by atoms with Gasteiger partial charge in [-0.15, -0.1) is 0 Å². The van der Waals surface area contributed by atoms with Gasteiger partial charge in [0.05, 0.1) is 23.9 Å². The predicted molar refractivity (Wildman–Crippen MR) is 109 cm³/mol. The molecule has 1 aromatic heterocycles. The normalized spacial score (nSPS) is 25.1. The maximum Gasteiger partial charge on any atom is 0.251 e. The molecule has 2 aliphatic rings. The molecule has 0 saturated carbocycles.